The summed E-state index contributed by atoms with van der Waals surface area (Å²) in [4.78, 5) is 0. The van der Waals surface area contributed by atoms with Crippen LogP contribution in [0.2, 0.25) is 4.44 Å². The fourth-order valence-electron chi connectivity index (χ4n) is 0.918. The zero-order valence-corrected chi connectivity index (χ0v) is 9.54. The van der Waals surface area contributed by atoms with Gasteiger partial charge in [0, 0.05) is 0 Å². The molecule has 1 heteroatoms. The number of hydrogen-bond acceptors (Lipinski definition) is 0. The second kappa shape index (κ2) is 4.01. The van der Waals surface area contributed by atoms with Crippen molar-refractivity contribution in [3.63, 3.8) is 0 Å². The Morgan fingerprint density at radius 2 is 1.90 bits per heavy atom. The Bertz CT molecular complexity index is 181. The molecule has 0 saturated carbocycles. The van der Waals surface area contributed by atoms with Crippen LogP contribution in [0.15, 0.2) is 30.3 Å². The zero-order valence-electron chi connectivity index (χ0n) is 6.25. The third-order valence-corrected chi connectivity index (χ3v) is 3.74. The van der Waals surface area contributed by atoms with Crippen LogP contribution in [-0.2, 0) is 0 Å². The predicted octanol–water partition coefficient (Wildman–Crippen LogP) is 2.11. The van der Waals surface area contributed by atoms with Crippen molar-refractivity contribution in [1.29, 1.82) is 0 Å². The van der Waals surface area contributed by atoms with Gasteiger partial charge in [-0.3, -0.25) is 0 Å². The van der Waals surface area contributed by atoms with Gasteiger partial charge < -0.3 is 0 Å². The Morgan fingerprint density at radius 3 is 2.40 bits per heavy atom. The molecule has 0 aliphatic rings. The molecule has 0 fully saturated rings. The summed E-state index contributed by atoms with van der Waals surface area (Å²) in [5.41, 5.74) is 1.48. The van der Waals surface area contributed by atoms with Crippen molar-refractivity contribution in [1.82, 2.24) is 0 Å². The zero-order chi connectivity index (χ0) is 7.40. The minimum absolute atomic E-state index is 0.767. The summed E-state index contributed by atoms with van der Waals surface area (Å²) >= 11 is 1.37. The molecule has 1 rings (SSSR count). The van der Waals surface area contributed by atoms with Gasteiger partial charge >= 0.3 is 75.7 Å². The molecule has 0 nitrogen and oxygen atoms in total. The average molecular weight is 239 g/mol. The summed E-state index contributed by atoms with van der Waals surface area (Å²) in [5, 5.41) is 0. The van der Waals surface area contributed by atoms with Crippen molar-refractivity contribution in [2.24, 2.45) is 0 Å². The molecular weight excluding hydrogens is 227 g/mol. The normalized spacial score (nSPS) is 13.0. The van der Waals surface area contributed by atoms with Crippen molar-refractivity contribution >= 4 is 22.5 Å². The van der Waals surface area contributed by atoms with Crippen molar-refractivity contribution in [3.05, 3.63) is 35.9 Å². The molecule has 1 atom stereocenters. The van der Waals surface area contributed by atoms with Gasteiger partial charge in [0.25, 0.3) is 0 Å². The molecule has 0 heterocycles. The van der Waals surface area contributed by atoms with E-state index in [4.69, 9.17) is 0 Å². The summed E-state index contributed by atoms with van der Waals surface area (Å²) in [6.45, 7) is 2.29. The van der Waals surface area contributed by atoms with Crippen LogP contribution in [0.4, 0.5) is 0 Å². The van der Waals surface area contributed by atoms with Crippen molar-refractivity contribution in [3.8, 4) is 0 Å². The van der Waals surface area contributed by atoms with Gasteiger partial charge in [0.1, 0.15) is 0 Å². The van der Waals surface area contributed by atoms with Crippen LogP contribution < -0.4 is 0 Å². The van der Waals surface area contributed by atoms with Crippen LogP contribution in [0.3, 0.4) is 0 Å². The van der Waals surface area contributed by atoms with Crippen molar-refractivity contribution in [2.45, 2.75) is 17.3 Å². The summed E-state index contributed by atoms with van der Waals surface area (Å²) in [6.07, 6.45) is 0. The standard InChI is InChI=1S/C9H11.Sn.H/c1-8(2)9-6-4-3-5-7-9;;/h3-8H,1H2,2H3;;. The van der Waals surface area contributed by atoms with Gasteiger partial charge in [-0.1, -0.05) is 0 Å². The fraction of sp³-hybridized carbons (Fsp3) is 0.333. The van der Waals surface area contributed by atoms with Crippen LogP contribution in [0.1, 0.15) is 18.4 Å². The molecule has 0 spiro atoms. The van der Waals surface area contributed by atoms with Gasteiger partial charge in [0.05, 0.1) is 0 Å². The number of hydrogen-bond donors (Lipinski definition) is 0. The first-order valence-electron chi connectivity index (χ1n) is 3.59. The molecule has 0 aliphatic heterocycles. The van der Waals surface area contributed by atoms with Gasteiger partial charge in [0.15, 0.2) is 0 Å². The molecule has 0 bridgehead atoms. The molecule has 52 valence electrons. The quantitative estimate of drug-likeness (QED) is 0.693. The van der Waals surface area contributed by atoms with Crippen LogP contribution in [0, 0.1) is 0 Å². The Balaban J connectivity index is 2.75. The van der Waals surface area contributed by atoms with E-state index in [1.54, 1.807) is 0 Å². The summed E-state index contributed by atoms with van der Waals surface area (Å²) in [5.74, 6) is 0.767. The monoisotopic (exact) mass is 240 g/mol. The van der Waals surface area contributed by atoms with Gasteiger partial charge in [-0.2, -0.15) is 0 Å². The van der Waals surface area contributed by atoms with E-state index in [1.807, 2.05) is 0 Å². The molecule has 0 aliphatic carbocycles. The maximum atomic E-state index is 2.29. The van der Waals surface area contributed by atoms with Crippen LogP contribution in [0.25, 0.3) is 0 Å². The Labute approximate surface area is 75.7 Å². The minimum atomic E-state index is 0.767. The summed E-state index contributed by atoms with van der Waals surface area (Å²) in [7, 11) is 0. The molecule has 0 N–H and O–H groups in total. The van der Waals surface area contributed by atoms with E-state index in [0.717, 1.165) is 5.92 Å². The molecule has 0 amide bonds. The van der Waals surface area contributed by atoms with E-state index in [-0.39, 0.29) is 0 Å². The Morgan fingerprint density at radius 1 is 1.30 bits per heavy atom. The first kappa shape index (κ1) is 8.12. The average Bonchev–Trinajstić information content (AvgIpc) is 2.05. The Hall–Kier alpha value is 0.0187. The SMILES string of the molecule is CC([CH2][SnH])c1ccccc1. The third kappa shape index (κ3) is 2.01. The van der Waals surface area contributed by atoms with Gasteiger partial charge in [-0.15, -0.1) is 0 Å². The second-order valence-corrected chi connectivity index (χ2v) is 3.89. The molecule has 10 heavy (non-hydrogen) atoms. The second-order valence-electron chi connectivity index (χ2n) is 2.55. The summed E-state index contributed by atoms with van der Waals surface area (Å²) in [6, 6.07) is 10.7. The van der Waals surface area contributed by atoms with E-state index >= 15 is 0 Å². The molecule has 1 aromatic rings. The molecule has 1 aromatic carbocycles. The fourth-order valence-corrected chi connectivity index (χ4v) is 1.69. The first-order valence-corrected chi connectivity index (χ1v) is 5.92. The van der Waals surface area contributed by atoms with Crippen molar-refractivity contribution in [2.75, 3.05) is 0 Å². The summed E-state index contributed by atoms with van der Waals surface area (Å²) < 4.78 is 1.36. The van der Waals surface area contributed by atoms with Crippen molar-refractivity contribution < 1.29 is 0 Å². The molecule has 1 unspecified atom stereocenters. The molecule has 0 aromatic heterocycles. The van der Waals surface area contributed by atoms with Crippen LogP contribution in [0.5, 0.6) is 0 Å². The van der Waals surface area contributed by atoms with E-state index in [1.165, 1.54) is 32.5 Å². The van der Waals surface area contributed by atoms with Crippen LogP contribution >= 0.6 is 0 Å². The predicted molar refractivity (Wildman–Crippen MR) is 46.8 cm³/mol. The van der Waals surface area contributed by atoms with Gasteiger partial charge in [-0.05, 0) is 0 Å². The number of rotatable bonds is 2. The maximum absolute atomic E-state index is 2.29. The van der Waals surface area contributed by atoms with Gasteiger partial charge in [-0.25, -0.2) is 0 Å². The third-order valence-electron chi connectivity index (χ3n) is 1.72. The number of benzene rings is 1. The molecule has 2 radical (unpaired) electrons. The Kier molecular flexibility index (Phi) is 3.26. The van der Waals surface area contributed by atoms with Crippen LogP contribution in [-0.4, -0.2) is 22.5 Å². The van der Waals surface area contributed by atoms with E-state index in [2.05, 4.69) is 37.3 Å². The van der Waals surface area contributed by atoms with Gasteiger partial charge in [0.2, 0.25) is 0 Å². The van der Waals surface area contributed by atoms with E-state index in [0.29, 0.717) is 0 Å². The van der Waals surface area contributed by atoms with E-state index < -0.39 is 0 Å². The molecule has 0 saturated heterocycles. The first-order chi connectivity index (χ1) is 4.84. The molecular formula is C9H12Sn. The van der Waals surface area contributed by atoms with E-state index in [9.17, 15) is 0 Å². The topological polar surface area (TPSA) is 0 Å².